The van der Waals surface area contributed by atoms with E-state index < -0.39 is 0 Å². The third-order valence-corrected chi connectivity index (χ3v) is 5.25. The second-order valence-electron chi connectivity index (χ2n) is 7.27. The second-order valence-corrected chi connectivity index (χ2v) is 7.27. The Morgan fingerprint density at radius 1 is 1.20 bits per heavy atom. The highest BCUT2D eigenvalue weighted by Gasteiger charge is 2.18. The summed E-state index contributed by atoms with van der Waals surface area (Å²) in [7, 11) is 0. The van der Waals surface area contributed by atoms with Crippen molar-refractivity contribution in [3.8, 4) is 11.5 Å². The molecule has 0 spiro atoms. The molecular formula is C21H26N4O5. The third-order valence-electron chi connectivity index (χ3n) is 5.25. The zero-order chi connectivity index (χ0) is 20.9. The number of aryl methyl sites for hydroxylation is 1. The van der Waals surface area contributed by atoms with Crippen molar-refractivity contribution in [2.45, 2.75) is 26.3 Å². The number of carbonyl (C=O) groups excluding carboxylic acids is 1. The Labute approximate surface area is 174 Å². The summed E-state index contributed by atoms with van der Waals surface area (Å²) in [5.41, 5.74) is 1.86. The van der Waals surface area contributed by atoms with Gasteiger partial charge in [-0.1, -0.05) is 12.1 Å². The van der Waals surface area contributed by atoms with E-state index >= 15 is 0 Å². The summed E-state index contributed by atoms with van der Waals surface area (Å²) in [6, 6.07) is 5.62. The maximum Gasteiger partial charge on any atom is 0.255 e. The number of benzene rings is 1. The number of fused-ring (bicyclic) bond motifs is 1. The smallest absolute Gasteiger partial charge is 0.255 e. The van der Waals surface area contributed by atoms with Crippen LogP contribution in [0.1, 0.15) is 23.2 Å². The molecule has 0 unspecified atom stereocenters. The van der Waals surface area contributed by atoms with Crippen molar-refractivity contribution in [3.05, 3.63) is 45.4 Å². The normalized spacial score (nSPS) is 15.7. The second kappa shape index (κ2) is 9.17. The number of morpholine rings is 1. The van der Waals surface area contributed by atoms with Gasteiger partial charge in [0.15, 0.2) is 11.5 Å². The number of para-hydroxylation sites is 1. The Hall–Kier alpha value is -3.07. The molecule has 1 aromatic carbocycles. The molecule has 30 heavy (non-hydrogen) atoms. The van der Waals surface area contributed by atoms with E-state index in [1.165, 1.54) is 0 Å². The number of rotatable bonds is 6. The predicted octanol–water partition coefficient (Wildman–Crippen LogP) is 0.935. The third kappa shape index (κ3) is 4.56. The number of anilines is 1. The molecule has 0 saturated carbocycles. The molecule has 0 radical (unpaired) electrons. The molecule has 9 heteroatoms. The number of nitrogens with zero attached hydrogens (tertiary/aromatic N) is 2. The van der Waals surface area contributed by atoms with Crippen molar-refractivity contribution in [1.29, 1.82) is 0 Å². The molecule has 0 aliphatic carbocycles. The molecule has 2 aliphatic rings. The molecule has 3 heterocycles. The molecule has 9 nitrogen and oxygen atoms in total. The van der Waals surface area contributed by atoms with E-state index in [2.05, 4.69) is 15.3 Å². The van der Waals surface area contributed by atoms with Gasteiger partial charge in [0.1, 0.15) is 13.2 Å². The van der Waals surface area contributed by atoms with Gasteiger partial charge in [0.2, 0.25) is 11.9 Å². The summed E-state index contributed by atoms with van der Waals surface area (Å²) >= 11 is 0. The van der Waals surface area contributed by atoms with Crippen LogP contribution in [0, 0.1) is 6.92 Å². The van der Waals surface area contributed by atoms with Gasteiger partial charge in [-0.05, 0) is 19.4 Å². The minimum absolute atomic E-state index is 0.139. The standard InChI is InChI=1S/C21H26N4O5/c1-14-16(20(27)24-21(23-14)25-7-9-28-10-8-25)5-6-18(26)22-13-15-3-2-4-17-19(15)30-12-11-29-17/h2-4H,5-13H2,1H3,(H,22,26)(H,23,24,27). The van der Waals surface area contributed by atoms with Crippen molar-refractivity contribution in [3.63, 3.8) is 0 Å². The van der Waals surface area contributed by atoms with Crippen LogP contribution >= 0.6 is 0 Å². The van der Waals surface area contributed by atoms with Gasteiger partial charge in [0.25, 0.3) is 5.56 Å². The fourth-order valence-electron chi connectivity index (χ4n) is 3.61. The topological polar surface area (TPSA) is 106 Å². The average Bonchev–Trinajstić information content (AvgIpc) is 2.77. The molecule has 0 atom stereocenters. The Bertz CT molecular complexity index is 968. The Balaban J connectivity index is 1.34. The number of H-pyrrole nitrogens is 1. The lowest BCUT2D eigenvalue weighted by Gasteiger charge is -2.27. The molecule has 1 amide bonds. The lowest BCUT2D eigenvalue weighted by Crippen LogP contribution is -2.38. The molecule has 1 aromatic heterocycles. The number of carbonyl (C=O) groups is 1. The van der Waals surface area contributed by atoms with Gasteiger partial charge in [-0.2, -0.15) is 0 Å². The van der Waals surface area contributed by atoms with E-state index in [4.69, 9.17) is 14.2 Å². The first kappa shape index (κ1) is 20.2. The van der Waals surface area contributed by atoms with Crippen molar-refractivity contribution >= 4 is 11.9 Å². The number of ether oxygens (including phenoxy) is 3. The largest absolute Gasteiger partial charge is 0.486 e. The molecule has 160 valence electrons. The molecule has 2 N–H and O–H groups in total. The van der Waals surface area contributed by atoms with Gasteiger partial charge in [-0.25, -0.2) is 4.98 Å². The number of aromatic amines is 1. The first-order valence-corrected chi connectivity index (χ1v) is 10.2. The van der Waals surface area contributed by atoms with Crippen molar-refractivity contribution in [2.24, 2.45) is 0 Å². The molecule has 4 rings (SSSR count). The minimum atomic E-state index is -0.195. The van der Waals surface area contributed by atoms with Crippen LogP contribution in [-0.2, 0) is 22.5 Å². The van der Waals surface area contributed by atoms with E-state index in [0.717, 1.165) is 5.56 Å². The zero-order valence-electron chi connectivity index (χ0n) is 17.0. The van der Waals surface area contributed by atoms with E-state index in [0.29, 0.717) is 81.2 Å². The molecule has 1 saturated heterocycles. The number of aromatic nitrogens is 2. The van der Waals surface area contributed by atoms with E-state index in [-0.39, 0.29) is 17.9 Å². The number of nitrogens with one attached hydrogen (secondary N) is 2. The molecule has 2 aliphatic heterocycles. The van der Waals surface area contributed by atoms with Gasteiger partial charge in [-0.15, -0.1) is 0 Å². The lowest BCUT2D eigenvalue weighted by atomic mass is 10.1. The first-order chi connectivity index (χ1) is 14.6. The quantitative estimate of drug-likeness (QED) is 0.725. The van der Waals surface area contributed by atoms with Gasteiger partial charge in [0.05, 0.1) is 13.2 Å². The fraction of sp³-hybridized carbons (Fsp3) is 0.476. The monoisotopic (exact) mass is 414 g/mol. The molecule has 2 aromatic rings. The summed E-state index contributed by atoms with van der Waals surface area (Å²) in [5.74, 6) is 1.80. The SMILES string of the molecule is Cc1nc(N2CCOCC2)[nH]c(=O)c1CCC(=O)NCc1cccc2c1OCCO2. The summed E-state index contributed by atoms with van der Waals surface area (Å²) in [5, 5.41) is 2.89. The van der Waals surface area contributed by atoms with E-state index in [9.17, 15) is 9.59 Å². The maximum absolute atomic E-state index is 12.5. The average molecular weight is 414 g/mol. The van der Waals surface area contributed by atoms with Gasteiger partial charge in [-0.3, -0.25) is 14.6 Å². The van der Waals surface area contributed by atoms with Gasteiger partial charge in [0, 0.05) is 42.9 Å². The predicted molar refractivity (Wildman–Crippen MR) is 110 cm³/mol. The Kier molecular flexibility index (Phi) is 6.18. The summed E-state index contributed by atoms with van der Waals surface area (Å²) in [6.07, 6.45) is 0.533. The molecule has 1 fully saturated rings. The minimum Gasteiger partial charge on any atom is -0.486 e. The van der Waals surface area contributed by atoms with Gasteiger partial charge >= 0.3 is 0 Å². The van der Waals surface area contributed by atoms with Crippen molar-refractivity contribution in [1.82, 2.24) is 15.3 Å². The van der Waals surface area contributed by atoms with Crippen LogP contribution in [0.15, 0.2) is 23.0 Å². The maximum atomic E-state index is 12.5. The van der Waals surface area contributed by atoms with Crippen LogP contribution in [0.3, 0.4) is 0 Å². The van der Waals surface area contributed by atoms with E-state index in [1.807, 2.05) is 23.1 Å². The highest BCUT2D eigenvalue weighted by atomic mass is 16.6. The van der Waals surface area contributed by atoms with Crippen LogP contribution in [-0.4, -0.2) is 55.4 Å². The van der Waals surface area contributed by atoms with Crippen molar-refractivity contribution < 1.29 is 19.0 Å². The van der Waals surface area contributed by atoms with Crippen LogP contribution < -0.4 is 25.2 Å². The lowest BCUT2D eigenvalue weighted by molar-refractivity contribution is -0.121. The van der Waals surface area contributed by atoms with Crippen LogP contribution in [0.5, 0.6) is 11.5 Å². The van der Waals surface area contributed by atoms with Crippen molar-refractivity contribution in [2.75, 3.05) is 44.4 Å². The van der Waals surface area contributed by atoms with E-state index in [1.54, 1.807) is 6.92 Å². The molecule has 0 bridgehead atoms. The van der Waals surface area contributed by atoms with Gasteiger partial charge < -0.3 is 24.4 Å². The fourth-order valence-corrected chi connectivity index (χ4v) is 3.61. The number of hydrogen-bond acceptors (Lipinski definition) is 7. The highest BCUT2D eigenvalue weighted by molar-refractivity contribution is 5.76. The van der Waals surface area contributed by atoms with Crippen LogP contribution in [0.4, 0.5) is 5.95 Å². The zero-order valence-corrected chi connectivity index (χ0v) is 17.0. The Morgan fingerprint density at radius 2 is 2.00 bits per heavy atom. The summed E-state index contributed by atoms with van der Waals surface area (Å²) < 4.78 is 16.6. The summed E-state index contributed by atoms with van der Waals surface area (Å²) in [6.45, 7) is 5.79. The molecular weight excluding hydrogens is 388 g/mol. The highest BCUT2D eigenvalue weighted by Crippen LogP contribution is 2.33. The first-order valence-electron chi connectivity index (χ1n) is 10.2. The van der Waals surface area contributed by atoms with Crippen LogP contribution in [0.2, 0.25) is 0 Å². The van der Waals surface area contributed by atoms with Crippen LogP contribution in [0.25, 0.3) is 0 Å². The Morgan fingerprint density at radius 3 is 2.80 bits per heavy atom. The number of hydrogen-bond donors (Lipinski definition) is 2. The summed E-state index contributed by atoms with van der Waals surface area (Å²) in [4.78, 5) is 34.3. The number of amides is 1.